The second kappa shape index (κ2) is 8.56. The Kier molecular flexibility index (Phi) is 6.44. The molecule has 5 heteroatoms. The number of nitrogens with zero attached hydrogens (tertiary/aromatic N) is 2. The molecular formula is C18H28N4O. The lowest BCUT2D eigenvalue weighted by Crippen LogP contribution is -2.37. The van der Waals surface area contributed by atoms with Crippen LogP contribution in [0.3, 0.4) is 0 Å². The summed E-state index contributed by atoms with van der Waals surface area (Å²) in [5.41, 5.74) is 7.88. The standard InChI is InChI=1S/C18H28N4O/c1-3-22(4-2)18(19)20-13-14-8-7-11-16(12-14)21-17(23)15-9-5-6-10-15/h7-8,11-12,15H,3-6,9-10,13H2,1-2H3,(H2,19,20)(H,21,23). The van der Waals surface area contributed by atoms with Crippen molar-refractivity contribution >= 4 is 17.6 Å². The number of carbonyl (C=O) groups is 1. The quantitative estimate of drug-likeness (QED) is 0.626. The molecule has 1 fully saturated rings. The molecule has 1 aliphatic rings. The Labute approximate surface area is 139 Å². The van der Waals surface area contributed by atoms with Crippen molar-refractivity contribution in [3.8, 4) is 0 Å². The Hall–Kier alpha value is -2.04. The van der Waals surface area contributed by atoms with Crippen LogP contribution in [0.15, 0.2) is 29.3 Å². The van der Waals surface area contributed by atoms with Gasteiger partial charge in [0.1, 0.15) is 0 Å². The molecule has 0 spiro atoms. The van der Waals surface area contributed by atoms with Gasteiger partial charge in [0.25, 0.3) is 0 Å². The molecule has 1 saturated carbocycles. The average molecular weight is 316 g/mol. The summed E-state index contributed by atoms with van der Waals surface area (Å²) in [6.07, 6.45) is 4.35. The zero-order valence-corrected chi connectivity index (χ0v) is 14.2. The fourth-order valence-corrected chi connectivity index (χ4v) is 3.00. The van der Waals surface area contributed by atoms with E-state index in [-0.39, 0.29) is 11.8 Å². The average Bonchev–Trinajstić information content (AvgIpc) is 3.09. The van der Waals surface area contributed by atoms with Gasteiger partial charge in [0.05, 0.1) is 6.54 Å². The van der Waals surface area contributed by atoms with Gasteiger partial charge in [-0.1, -0.05) is 25.0 Å². The summed E-state index contributed by atoms with van der Waals surface area (Å²) in [6, 6.07) is 7.85. The molecule has 126 valence electrons. The minimum absolute atomic E-state index is 0.144. The molecule has 3 N–H and O–H groups in total. The summed E-state index contributed by atoms with van der Waals surface area (Å²) in [7, 11) is 0. The monoisotopic (exact) mass is 316 g/mol. The SMILES string of the molecule is CCN(CC)C(N)=NCc1cccc(NC(=O)C2CCCC2)c1. The number of aliphatic imine (C=N–C) groups is 1. The molecule has 0 aromatic heterocycles. The lowest BCUT2D eigenvalue weighted by atomic mass is 10.1. The van der Waals surface area contributed by atoms with Gasteiger partial charge in [-0.2, -0.15) is 0 Å². The molecule has 5 nitrogen and oxygen atoms in total. The van der Waals surface area contributed by atoms with Crippen molar-refractivity contribution in [2.45, 2.75) is 46.1 Å². The number of nitrogens with one attached hydrogen (secondary N) is 1. The highest BCUT2D eigenvalue weighted by molar-refractivity contribution is 5.92. The van der Waals surface area contributed by atoms with Gasteiger partial charge in [-0.05, 0) is 44.4 Å². The van der Waals surface area contributed by atoms with E-state index in [0.717, 1.165) is 50.0 Å². The van der Waals surface area contributed by atoms with Crippen LogP contribution in [0.1, 0.15) is 45.1 Å². The summed E-state index contributed by atoms with van der Waals surface area (Å²) >= 11 is 0. The van der Waals surface area contributed by atoms with E-state index in [1.165, 1.54) is 0 Å². The highest BCUT2D eigenvalue weighted by Gasteiger charge is 2.22. The van der Waals surface area contributed by atoms with Crippen molar-refractivity contribution < 1.29 is 4.79 Å². The molecule has 1 aromatic carbocycles. The first kappa shape index (κ1) is 17.3. The van der Waals surface area contributed by atoms with E-state index in [0.29, 0.717) is 12.5 Å². The van der Waals surface area contributed by atoms with E-state index in [9.17, 15) is 4.79 Å². The molecule has 0 bridgehead atoms. The van der Waals surface area contributed by atoms with Crippen LogP contribution in [-0.4, -0.2) is 29.9 Å². The van der Waals surface area contributed by atoms with E-state index >= 15 is 0 Å². The van der Waals surface area contributed by atoms with Crippen molar-refractivity contribution in [2.24, 2.45) is 16.6 Å². The van der Waals surface area contributed by atoms with Crippen LogP contribution < -0.4 is 11.1 Å². The summed E-state index contributed by atoms with van der Waals surface area (Å²) in [5, 5.41) is 3.03. The summed E-state index contributed by atoms with van der Waals surface area (Å²) in [4.78, 5) is 18.7. The van der Waals surface area contributed by atoms with Crippen molar-refractivity contribution in [3.63, 3.8) is 0 Å². The maximum Gasteiger partial charge on any atom is 0.227 e. The summed E-state index contributed by atoms with van der Waals surface area (Å²) in [6.45, 7) is 6.35. The van der Waals surface area contributed by atoms with Gasteiger partial charge in [-0.25, -0.2) is 4.99 Å². The molecular weight excluding hydrogens is 288 g/mol. The molecule has 0 heterocycles. The van der Waals surface area contributed by atoms with Crippen LogP contribution in [0.25, 0.3) is 0 Å². The highest BCUT2D eigenvalue weighted by atomic mass is 16.1. The van der Waals surface area contributed by atoms with Crippen molar-refractivity contribution in [1.82, 2.24) is 4.90 Å². The predicted molar refractivity (Wildman–Crippen MR) is 95.3 cm³/mol. The number of nitrogens with two attached hydrogens (primary N) is 1. The largest absolute Gasteiger partial charge is 0.370 e. The van der Waals surface area contributed by atoms with E-state index in [1.807, 2.05) is 29.2 Å². The first-order chi connectivity index (χ1) is 11.1. The molecule has 0 radical (unpaired) electrons. The van der Waals surface area contributed by atoms with Gasteiger partial charge >= 0.3 is 0 Å². The van der Waals surface area contributed by atoms with Gasteiger partial charge < -0.3 is 16.0 Å². The molecule has 0 saturated heterocycles. The lowest BCUT2D eigenvalue weighted by Gasteiger charge is -2.19. The summed E-state index contributed by atoms with van der Waals surface area (Å²) < 4.78 is 0. The maximum atomic E-state index is 12.2. The molecule has 1 amide bonds. The van der Waals surface area contributed by atoms with Crippen LogP contribution >= 0.6 is 0 Å². The molecule has 23 heavy (non-hydrogen) atoms. The minimum Gasteiger partial charge on any atom is -0.370 e. The van der Waals surface area contributed by atoms with Gasteiger partial charge in [0, 0.05) is 24.7 Å². The van der Waals surface area contributed by atoms with Crippen LogP contribution in [0.2, 0.25) is 0 Å². The highest BCUT2D eigenvalue weighted by Crippen LogP contribution is 2.26. The third-order valence-corrected chi connectivity index (χ3v) is 4.43. The topological polar surface area (TPSA) is 70.7 Å². The first-order valence-corrected chi connectivity index (χ1v) is 8.58. The van der Waals surface area contributed by atoms with Crippen LogP contribution in [0.4, 0.5) is 5.69 Å². The van der Waals surface area contributed by atoms with Gasteiger partial charge in [-0.3, -0.25) is 4.79 Å². The van der Waals surface area contributed by atoms with Crippen LogP contribution in [0.5, 0.6) is 0 Å². The Balaban J connectivity index is 1.96. The molecule has 0 atom stereocenters. The first-order valence-electron chi connectivity index (χ1n) is 8.58. The van der Waals surface area contributed by atoms with E-state index in [4.69, 9.17) is 5.73 Å². The number of benzene rings is 1. The second-order valence-electron chi connectivity index (χ2n) is 6.02. The predicted octanol–water partition coefficient (Wildman–Crippen LogP) is 2.97. The summed E-state index contributed by atoms with van der Waals surface area (Å²) in [5.74, 6) is 0.885. The molecule has 1 aliphatic carbocycles. The van der Waals surface area contributed by atoms with Crippen LogP contribution in [-0.2, 0) is 11.3 Å². The Morgan fingerprint density at radius 2 is 2.00 bits per heavy atom. The zero-order chi connectivity index (χ0) is 16.7. The fourth-order valence-electron chi connectivity index (χ4n) is 3.00. The van der Waals surface area contributed by atoms with Gasteiger partial charge in [0.15, 0.2) is 5.96 Å². The smallest absolute Gasteiger partial charge is 0.227 e. The normalized spacial score (nSPS) is 15.7. The Morgan fingerprint density at radius 1 is 1.30 bits per heavy atom. The number of hydrogen-bond donors (Lipinski definition) is 2. The molecule has 0 unspecified atom stereocenters. The van der Waals surface area contributed by atoms with Gasteiger partial charge in [0.2, 0.25) is 5.91 Å². The third-order valence-electron chi connectivity index (χ3n) is 4.43. The molecule has 1 aromatic rings. The number of carbonyl (C=O) groups excluding carboxylic acids is 1. The Bertz CT molecular complexity index is 546. The number of amides is 1. The molecule has 0 aliphatic heterocycles. The van der Waals surface area contributed by atoms with Crippen molar-refractivity contribution in [1.29, 1.82) is 0 Å². The maximum absolute atomic E-state index is 12.2. The van der Waals surface area contributed by atoms with Crippen LogP contribution in [0, 0.1) is 5.92 Å². The van der Waals surface area contributed by atoms with Crippen molar-refractivity contribution in [3.05, 3.63) is 29.8 Å². The lowest BCUT2D eigenvalue weighted by molar-refractivity contribution is -0.119. The van der Waals surface area contributed by atoms with Crippen molar-refractivity contribution in [2.75, 3.05) is 18.4 Å². The zero-order valence-electron chi connectivity index (χ0n) is 14.2. The fraction of sp³-hybridized carbons (Fsp3) is 0.556. The number of anilines is 1. The van der Waals surface area contributed by atoms with E-state index in [1.54, 1.807) is 0 Å². The Morgan fingerprint density at radius 3 is 2.65 bits per heavy atom. The number of hydrogen-bond acceptors (Lipinski definition) is 2. The van der Waals surface area contributed by atoms with E-state index < -0.39 is 0 Å². The number of guanidine groups is 1. The third kappa shape index (κ3) is 4.98. The van der Waals surface area contributed by atoms with E-state index in [2.05, 4.69) is 24.2 Å². The second-order valence-corrected chi connectivity index (χ2v) is 6.02. The number of rotatable bonds is 6. The van der Waals surface area contributed by atoms with Gasteiger partial charge in [-0.15, -0.1) is 0 Å². The minimum atomic E-state index is 0.144. The molecule has 2 rings (SSSR count).